The van der Waals surface area contributed by atoms with Crippen molar-refractivity contribution in [3.05, 3.63) is 70.0 Å². The van der Waals surface area contributed by atoms with Gasteiger partial charge in [0.1, 0.15) is 17.2 Å². The molecule has 0 atom stereocenters. The van der Waals surface area contributed by atoms with Gasteiger partial charge in [-0.15, -0.1) is 0 Å². The number of fused-ring (bicyclic) bond motifs is 1. The van der Waals surface area contributed by atoms with E-state index in [0.29, 0.717) is 11.2 Å². The number of benzene rings is 2. The molecule has 2 aliphatic rings. The summed E-state index contributed by atoms with van der Waals surface area (Å²) in [6.07, 6.45) is 3.43. The lowest BCUT2D eigenvalue weighted by molar-refractivity contribution is 0.102. The first-order valence-electron chi connectivity index (χ1n) is 11.4. The number of hydrogen-bond donors (Lipinski definition) is 1. The summed E-state index contributed by atoms with van der Waals surface area (Å²) in [6, 6.07) is 8.66. The Morgan fingerprint density at radius 2 is 1.85 bits per heavy atom. The van der Waals surface area contributed by atoms with E-state index in [1.54, 1.807) is 18.3 Å². The Hall–Kier alpha value is -3.26. The summed E-state index contributed by atoms with van der Waals surface area (Å²) in [6.45, 7) is 6.25. The number of aromatic nitrogens is 1. The van der Waals surface area contributed by atoms with Crippen molar-refractivity contribution < 1.29 is 13.6 Å². The molecule has 1 aliphatic heterocycles. The second kappa shape index (κ2) is 8.59. The van der Waals surface area contributed by atoms with Crippen molar-refractivity contribution in [3.63, 3.8) is 0 Å². The highest BCUT2D eigenvalue weighted by atomic mass is 19.1. The van der Waals surface area contributed by atoms with Crippen LogP contribution in [-0.4, -0.2) is 48.1 Å². The van der Waals surface area contributed by atoms with Crippen LogP contribution in [-0.2, 0) is 0 Å². The van der Waals surface area contributed by atoms with E-state index < -0.39 is 23.0 Å². The van der Waals surface area contributed by atoms with Gasteiger partial charge in [-0.1, -0.05) is 13.0 Å². The average molecular weight is 453 g/mol. The maximum atomic E-state index is 15.2. The Balaban J connectivity index is 1.55. The number of piperazine rings is 1. The Morgan fingerprint density at radius 3 is 2.52 bits per heavy atom. The molecule has 1 saturated carbocycles. The second-order valence-corrected chi connectivity index (χ2v) is 8.72. The van der Waals surface area contributed by atoms with Gasteiger partial charge in [-0.2, -0.15) is 0 Å². The van der Waals surface area contributed by atoms with Crippen LogP contribution in [0.3, 0.4) is 0 Å². The molecule has 6 nitrogen and oxygen atoms in total. The molecule has 1 aliphatic carbocycles. The number of anilines is 2. The van der Waals surface area contributed by atoms with Crippen LogP contribution in [0.4, 0.5) is 20.2 Å². The third-order valence-corrected chi connectivity index (χ3v) is 6.53. The van der Waals surface area contributed by atoms with Gasteiger partial charge in [0.2, 0.25) is 5.43 Å². The molecule has 3 aromatic rings. The number of pyridine rings is 1. The van der Waals surface area contributed by atoms with Crippen molar-refractivity contribution in [2.45, 2.75) is 25.8 Å². The quantitative estimate of drug-likeness (QED) is 0.636. The zero-order valence-corrected chi connectivity index (χ0v) is 18.5. The molecule has 1 aromatic heterocycles. The summed E-state index contributed by atoms with van der Waals surface area (Å²) in [7, 11) is 0. The van der Waals surface area contributed by atoms with E-state index in [0.717, 1.165) is 45.6 Å². The van der Waals surface area contributed by atoms with E-state index in [4.69, 9.17) is 0 Å². The van der Waals surface area contributed by atoms with Crippen molar-refractivity contribution in [3.8, 4) is 0 Å². The lowest BCUT2D eigenvalue weighted by Crippen LogP contribution is -2.46. The number of nitrogens with one attached hydrogen (secondary N) is 1. The maximum Gasteiger partial charge on any atom is 0.261 e. The Bertz CT molecular complexity index is 1280. The molecule has 5 rings (SSSR count). The van der Waals surface area contributed by atoms with Gasteiger partial charge in [0.15, 0.2) is 0 Å². The molecule has 2 aromatic carbocycles. The summed E-state index contributed by atoms with van der Waals surface area (Å²) in [5.41, 5.74) is 0.771. The van der Waals surface area contributed by atoms with Crippen LogP contribution in [0.2, 0.25) is 0 Å². The molecule has 2 heterocycles. The predicted molar refractivity (Wildman–Crippen MR) is 125 cm³/mol. The third kappa shape index (κ3) is 4.23. The highest BCUT2D eigenvalue weighted by Crippen LogP contribution is 2.38. The topological polar surface area (TPSA) is 57.6 Å². The number of halogens is 2. The van der Waals surface area contributed by atoms with E-state index in [2.05, 4.69) is 17.1 Å². The van der Waals surface area contributed by atoms with E-state index in [1.165, 1.54) is 24.3 Å². The number of nitrogens with zero attached hydrogens (tertiary/aromatic N) is 3. The average Bonchev–Trinajstić information content (AvgIpc) is 3.65. The van der Waals surface area contributed by atoms with E-state index in [1.807, 2.05) is 9.47 Å². The molecule has 1 saturated heterocycles. The smallest absolute Gasteiger partial charge is 0.261 e. The van der Waals surface area contributed by atoms with E-state index >= 15 is 4.39 Å². The molecular formula is C25H26F2N4O2. The zero-order chi connectivity index (χ0) is 23.1. The van der Waals surface area contributed by atoms with Crippen LogP contribution in [0, 0.1) is 11.6 Å². The van der Waals surface area contributed by atoms with Gasteiger partial charge < -0.3 is 19.7 Å². The molecule has 2 fully saturated rings. The van der Waals surface area contributed by atoms with Gasteiger partial charge >= 0.3 is 0 Å². The minimum Gasteiger partial charge on any atom is -0.367 e. The van der Waals surface area contributed by atoms with Gasteiger partial charge in [-0.25, -0.2) is 8.78 Å². The third-order valence-electron chi connectivity index (χ3n) is 6.53. The van der Waals surface area contributed by atoms with Crippen LogP contribution < -0.4 is 15.6 Å². The molecule has 1 amide bonds. The molecule has 1 N–H and O–H groups in total. The standard InChI is InChI=1S/C25H26F2N4O2/c1-2-29-8-10-30(11-9-29)23-14-22-19(13-21(23)27)24(32)20(15-31(22)18-6-7-18)25(33)28-17-5-3-4-16(26)12-17/h3-5,12-15,18H,2,6-11H2,1H3,(H,28,33). The number of hydrogen-bond acceptors (Lipinski definition) is 4. The Labute approximate surface area is 190 Å². The summed E-state index contributed by atoms with van der Waals surface area (Å²) in [5.74, 6) is -1.59. The molecule has 8 heteroatoms. The SMILES string of the molecule is CCN1CCN(c2cc3c(cc2F)c(=O)c(C(=O)Nc2cccc(F)c2)cn3C2CC2)CC1. The summed E-state index contributed by atoms with van der Waals surface area (Å²) >= 11 is 0. The normalized spacial score (nSPS) is 16.9. The lowest BCUT2D eigenvalue weighted by atomic mass is 10.1. The monoisotopic (exact) mass is 452 g/mol. The van der Waals surface area contributed by atoms with Crippen molar-refractivity contribution >= 4 is 28.2 Å². The largest absolute Gasteiger partial charge is 0.367 e. The minimum absolute atomic E-state index is 0.0811. The van der Waals surface area contributed by atoms with E-state index in [-0.39, 0.29) is 22.7 Å². The van der Waals surface area contributed by atoms with Crippen molar-refractivity contribution in [2.75, 3.05) is 42.9 Å². The van der Waals surface area contributed by atoms with Crippen molar-refractivity contribution in [2.24, 2.45) is 0 Å². The minimum atomic E-state index is -0.637. The van der Waals surface area contributed by atoms with Gasteiger partial charge in [0.05, 0.1) is 11.2 Å². The number of carbonyl (C=O) groups is 1. The highest BCUT2D eigenvalue weighted by Gasteiger charge is 2.28. The van der Waals surface area contributed by atoms with E-state index in [9.17, 15) is 14.0 Å². The van der Waals surface area contributed by atoms with Crippen molar-refractivity contribution in [1.29, 1.82) is 0 Å². The molecule has 0 unspecified atom stereocenters. The fourth-order valence-electron chi connectivity index (χ4n) is 4.49. The first-order chi connectivity index (χ1) is 15.9. The van der Waals surface area contributed by atoms with Crippen LogP contribution in [0.1, 0.15) is 36.2 Å². The Morgan fingerprint density at radius 1 is 1.09 bits per heavy atom. The van der Waals surface area contributed by atoms with Gasteiger partial charge in [-0.3, -0.25) is 9.59 Å². The molecule has 0 radical (unpaired) electrons. The molecular weight excluding hydrogens is 426 g/mol. The van der Waals surface area contributed by atoms with Crippen molar-refractivity contribution in [1.82, 2.24) is 9.47 Å². The highest BCUT2D eigenvalue weighted by molar-refractivity contribution is 6.06. The fourth-order valence-corrected chi connectivity index (χ4v) is 4.49. The van der Waals surface area contributed by atoms with Gasteiger partial charge in [-0.05, 0) is 49.7 Å². The summed E-state index contributed by atoms with van der Waals surface area (Å²) in [4.78, 5) is 30.4. The number of carbonyl (C=O) groups excluding carboxylic acids is 1. The molecule has 33 heavy (non-hydrogen) atoms. The predicted octanol–water partition coefficient (Wildman–Crippen LogP) is 4.01. The van der Waals surface area contributed by atoms with Crippen LogP contribution >= 0.6 is 0 Å². The molecule has 0 spiro atoms. The van der Waals surface area contributed by atoms with Crippen LogP contribution in [0.25, 0.3) is 10.9 Å². The summed E-state index contributed by atoms with van der Waals surface area (Å²) < 4.78 is 30.6. The number of likely N-dealkylation sites (N-methyl/N-ethyl adjacent to an activating group) is 1. The van der Waals surface area contributed by atoms with Gasteiger partial charge in [0, 0.05) is 49.5 Å². The number of rotatable bonds is 5. The zero-order valence-electron chi connectivity index (χ0n) is 18.5. The molecule has 0 bridgehead atoms. The lowest BCUT2D eigenvalue weighted by Gasteiger charge is -2.35. The second-order valence-electron chi connectivity index (χ2n) is 8.72. The maximum absolute atomic E-state index is 15.2. The van der Waals surface area contributed by atoms with Gasteiger partial charge in [0.25, 0.3) is 5.91 Å². The first-order valence-corrected chi connectivity index (χ1v) is 11.4. The molecule has 172 valence electrons. The number of amides is 1. The fraction of sp³-hybridized carbons (Fsp3) is 0.360. The van der Waals surface area contributed by atoms with Crippen LogP contribution in [0.15, 0.2) is 47.4 Å². The first kappa shape index (κ1) is 21.6. The Kier molecular flexibility index (Phi) is 5.62. The van der Waals surface area contributed by atoms with Crippen LogP contribution in [0.5, 0.6) is 0 Å². The summed E-state index contributed by atoms with van der Waals surface area (Å²) in [5, 5.41) is 2.76.